The van der Waals surface area contributed by atoms with Crippen LogP contribution in [0, 0.1) is 5.92 Å². The molecule has 1 aromatic rings. The van der Waals surface area contributed by atoms with E-state index in [-0.39, 0.29) is 6.04 Å². The lowest BCUT2D eigenvalue weighted by Gasteiger charge is -2.16. The van der Waals surface area contributed by atoms with Gasteiger partial charge in [-0.2, -0.15) is 0 Å². The molecule has 3 nitrogen and oxygen atoms in total. The molecule has 1 saturated carbocycles. The van der Waals surface area contributed by atoms with Gasteiger partial charge in [-0.1, -0.05) is 18.9 Å². The molecule has 16 heavy (non-hydrogen) atoms. The molecule has 0 heterocycles. The van der Waals surface area contributed by atoms with Gasteiger partial charge in [0.15, 0.2) is 0 Å². The number of methoxy groups -OCH3 is 2. The molecule has 0 bridgehead atoms. The Morgan fingerprint density at radius 1 is 1.31 bits per heavy atom. The van der Waals surface area contributed by atoms with Gasteiger partial charge in [0.1, 0.15) is 11.5 Å². The molecule has 2 N–H and O–H groups in total. The maximum Gasteiger partial charge on any atom is 0.127 e. The summed E-state index contributed by atoms with van der Waals surface area (Å²) in [5.41, 5.74) is 7.26. The van der Waals surface area contributed by atoms with Gasteiger partial charge >= 0.3 is 0 Å². The van der Waals surface area contributed by atoms with Crippen molar-refractivity contribution < 1.29 is 9.47 Å². The van der Waals surface area contributed by atoms with Crippen molar-refractivity contribution in [3.8, 4) is 11.5 Å². The highest BCUT2D eigenvalue weighted by Crippen LogP contribution is 2.39. The van der Waals surface area contributed by atoms with Gasteiger partial charge in [-0.15, -0.1) is 0 Å². The number of hydrogen-bond donors (Lipinski definition) is 1. The summed E-state index contributed by atoms with van der Waals surface area (Å²) in [7, 11) is 3.32. The first kappa shape index (κ1) is 11.3. The molecule has 0 aromatic heterocycles. The monoisotopic (exact) mass is 221 g/mol. The number of nitrogens with two attached hydrogens (primary N) is 1. The van der Waals surface area contributed by atoms with Crippen molar-refractivity contribution >= 4 is 0 Å². The van der Waals surface area contributed by atoms with E-state index in [4.69, 9.17) is 15.2 Å². The second-order valence-corrected chi connectivity index (χ2v) is 4.39. The van der Waals surface area contributed by atoms with Crippen LogP contribution in [0.3, 0.4) is 0 Å². The third kappa shape index (κ3) is 2.47. The number of ether oxygens (including phenoxy) is 2. The van der Waals surface area contributed by atoms with Crippen LogP contribution in [0.5, 0.6) is 11.5 Å². The van der Waals surface area contributed by atoms with Gasteiger partial charge in [-0.3, -0.25) is 0 Å². The first-order chi connectivity index (χ1) is 7.74. The second kappa shape index (κ2) is 4.74. The quantitative estimate of drug-likeness (QED) is 0.830. The van der Waals surface area contributed by atoms with Gasteiger partial charge < -0.3 is 15.2 Å². The zero-order chi connectivity index (χ0) is 11.5. The lowest BCUT2D eigenvalue weighted by Crippen LogP contribution is -2.12. The van der Waals surface area contributed by atoms with Crippen molar-refractivity contribution in [1.82, 2.24) is 0 Å². The third-order valence-electron chi connectivity index (χ3n) is 3.12. The Kier molecular flexibility index (Phi) is 3.34. The maximum absolute atomic E-state index is 6.18. The summed E-state index contributed by atoms with van der Waals surface area (Å²) in [6.45, 7) is 0. The van der Waals surface area contributed by atoms with Gasteiger partial charge in [0.05, 0.1) is 14.2 Å². The van der Waals surface area contributed by atoms with Crippen LogP contribution in [0.1, 0.15) is 30.9 Å². The summed E-state index contributed by atoms with van der Waals surface area (Å²) in [5.74, 6) is 2.45. The molecule has 0 aliphatic heterocycles. The van der Waals surface area contributed by atoms with Crippen molar-refractivity contribution in [2.75, 3.05) is 14.2 Å². The van der Waals surface area contributed by atoms with Crippen molar-refractivity contribution in [2.45, 2.75) is 25.3 Å². The average Bonchev–Trinajstić information content (AvgIpc) is 3.11. The van der Waals surface area contributed by atoms with Crippen LogP contribution < -0.4 is 15.2 Å². The molecule has 1 aromatic carbocycles. The number of rotatable bonds is 5. The van der Waals surface area contributed by atoms with Gasteiger partial charge in [0.25, 0.3) is 0 Å². The minimum Gasteiger partial charge on any atom is -0.497 e. The zero-order valence-corrected chi connectivity index (χ0v) is 9.90. The molecule has 1 aliphatic rings. The Morgan fingerprint density at radius 2 is 2.06 bits per heavy atom. The molecule has 0 radical (unpaired) electrons. The van der Waals surface area contributed by atoms with Gasteiger partial charge in [0.2, 0.25) is 0 Å². The van der Waals surface area contributed by atoms with Gasteiger partial charge in [-0.25, -0.2) is 0 Å². The molecular weight excluding hydrogens is 202 g/mol. The molecular formula is C13H19NO2. The van der Waals surface area contributed by atoms with Crippen molar-refractivity contribution in [2.24, 2.45) is 11.7 Å². The molecule has 0 unspecified atom stereocenters. The van der Waals surface area contributed by atoms with E-state index in [1.807, 2.05) is 18.2 Å². The summed E-state index contributed by atoms with van der Waals surface area (Å²) in [6, 6.07) is 5.91. The normalized spacial score (nSPS) is 16.9. The lowest BCUT2D eigenvalue weighted by molar-refractivity contribution is 0.386. The fraction of sp³-hybridized carbons (Fsp3) is 0.538. The van der Waals surface area contributed by atoms with E-state index in [0.717, 1.165) is 29.4 Å². The van der Waals surface area contributed by atoms with E-state index in [0.29, 0.717) is 0 Å². The Bertz CT molecular complexity index is 361. The Hall–Kier alpha value is -1.22. The average molecular weight is 221 g/mol. The van der Waals surface area contributed by atoms with Crippen LogP contribution in [0.15, 0.2) is 18.2 Å². The molecule has 0 spiro atoms. The summed E-state index contributed by atoms with van der Waals surface area (Å²) in [6.07, 6.45) is 3.71. The zero-order valence-electron chi connectivity index (χ0n) is 9.90. The highest BCUT2D eigenvalue weighted by Gasteiger charge is 2.25. The number of benzene rings is 1. The minimum atomic E-state index is 0.0772. The van der Waals surface area contributed by atoms with Gasteiger partial charge in [0, 0.05) is 17.7 Å². The molecule has 3 heteroatoms. The Balaban J connectivity index is 2.17. The fourth-order valence-electron chi connectivity index (χ4n) is 1.96. The summed E-state index contributed by atoms with van der Waals surface area (Å²) >= 11 is 0. The standard InChI is InChI=1S/C13H19NO2/c1-15-10-5-6-11(13(8-10)16-2)12(14)7-9-3-4-9/h5-6,8-9,12H,3-4,7,14H2,1-2H3/t12-/m0/s1. The highest BCUT2D eigenvalue weighted by atomic mass is 16.5. The van der Waals surface area contributed by atoms with Crippen molar-refractivity contribution in [3.05, 3.63) is 23.8 Å². The first-order valence-corrected chi connectivity index (χ1v) is 5.72. The molecule has 88 valence electrons. The predicted molar refractivity (Wildman–Crippen MR) is 63.8 cm³/mol. The highest BCUT2D eigenvalue weighted by molar-refractivity contribution is 5.42. The van der Waals surface area contributed by atoms with Crippen molar-refractivity contribution in [3.63, 3.8) is 0 Å². The van der Waals surface area contributed by atoms with Gasteiger partial charge in [-0.05, 0) is 18.4 Å². The van der Waals surface area contributed by atoms with E-state index in [2.05, 4.69) is 0 Å². The molecule has 0 amide bonds. The summed E-state index contributed by atoms with van der Waals surface area (Å²) in [5, 5.41) is 0. The van der Waals surface area contributed by atoms with Crippen LogP contribution in [-0.2, 0) is 0 Å². The molecule has 0 saturated heterocycles. The summed E-state index contributed by atoms with van der Waals surface area (Å²) < 4.78 is 10.5. The smallest absolute Gasteiger partial charge is 0.127 e. The molecule has 1 atom stereocenters. The fourth-order valence-corrected chi connectivity index (χ4v) is 1.96. The molecule has 1 fully saturated rings. The minimum absolute atomic E-state index is 0.0772. The van der Waals surface area contributed by atoms with Crippen LogP contribution in [0.4, 0.5) is 0 Å². The van der Waals surface area contributed by atoms with Crippen LogP contribution in [-0.4, -0.2) is 14.2 Å². The SMILES string of the molecule is COc1ccc([C@@H](N)CC2CC2)c(OC)c1. The largest absolute Gasteiger partial charge is 0.497 e. The van der Waals surface area contributed by atoms with E-state index in [9.17, 15) is 0 Å². The van der Waals surface area contributed by atoms with E-state index in [1.165, 1.54) is 12.8 Å². The first-order valence-electron chi connectivity index (χ1n) is 5.72. The van der Waals surface area contributed by atoms with Crippen LogP contribution >= 0.6 is 0 Å². The van der Waals surface area contributed by atoms with E-state index >= 15 is 0 Å². The molecule has 2 rings (SSSR count). The second-order valence-electron chi connectivity index (χ2n) is 4.39. The van der Waals surface area contributed by atoms with E-state index < -0.39 is 0 Å². The van der Waals surface area contributed by atoms with E-state index in [1.54, 1.807) is 14.2 Å². The topological polar surface area (TPSA) is 44.5 Å². The summed E-state index contributed by atoms with van der Waals surface area (Å²) in [4.78, 5) is 0. The van der Waals surface area contributed by atoms with Crippen LogP contribution in [0.2, 0.25) is 0 Å². The maximum atomic E-state index is 6.18. The van der Waals surface area contributed by atoms with Crippen molar-refractivity contribution in [1.29, 1.82) is 0 Å². The lowest BCUT2D eigenvalue weighted by atomic mass is 10.0. The molecule has 1 aliphatic carbocycles. The Labute approximate surface area is 96.5 Å². The Morgan fingerprint density at radius 3 is 2.62 bits per heavy atom. The van der Waals surface area contributed by atoms with Crippen LogP contribution in [0.25, 0.3) is 0 Å². The third-order valence-corrected chi connectivity index (χ3v) is 3.12. The number of hydrogen-bond acceptors (Lipinski definition) is 3. The predicted octanol–water partition coefficient (Wildman–Crippen LogP) is 2.50.